The number of aromatic nitrogens is 4. The second kappa shape index (κ2) is 5.12. The largest absolute Gasteiger partial charge is 0.318 e. The van der Waals surface area contributed by atoms with E-state index in [4.69, 9.17) is 17.3 Å². The molecule has 2 rings (SSSR count). The van der Waals surface area contributed by atoms with Crippen molar-refractivity contribution < 1.29 is 0 Å². The Morgan fingerprint density at radius 1 is 1.44 bits per heavy atom. The molecule has 0 aromatic carbocycles. The fourth-order valence-electron chi connectivity index (χ4n) is 2.08. The Morgan fingerprint density at radius 3 is 2.72 bits per heavy atom. The van der Waals surface area contributed by atoms with Crippen molar-refractivity contribution in [2.75, 3.05) is 0 Å². The van der Waals surface area contributed by atoms with Crippen molar-refractivity contribution in [3.8, 4) is 0 Å². The maximum Gasteiger partial charge on any atom is 0.0909 e. The molecule has 2 aromatic heterocycles. The molecule has 0 aliphatic rings. The molecule has 0 radical (unpaired) electrons. The Morgan fingerprint density at radius 2 is 2.17 bits per heavy atom. The number of halogens is 1. The van der Waals surface area contributed by atoms with E-state index in [0.29, 0.717) is 5.02 Å². The van der Waals surface area contributed by atoms with E-state index in [1.807, 2.05) is 29.4 Å². The van der Waals surface area contributed by atoms with Crippen LogP contribution in [0.3, 0.4) is 0 Å². The van der Waals surface area contributed by atoms with Gasteiger partial charge in [-0.15, -0.1) is 0 Å². The first kappa shape index (κ1) is 13.1. The molecule has 0 saturated carbocycles. The van der Waals surface area contributed by atoms with Crippen LogP contribution in [0.15, 0.2) is 12.3 Å². The Bertz CT molecular complexity index is 543. The van der Waals surface area contributed by atoms with Gasteiger partial charge in [-0.2, -0.15) is 10.2 Å². The topological polar surface area (TPSA) is 61.7 Å². The molecule has 6 heteroatoms. The first-order valence-corrected chi connectivity index (χ1v) is 6.45. The molecule has 5 nitrogen and oxygen atoms in total. The minimum Gasteiger partial charge on any atom is -0.318 e. The number of nitrogens with two attached hydrogens (primary N) is 1. The quantitative estimate of drug-likeness (QED) is 0.920. The third-order valence-corrected chi connectivity index (χ3v) is 3.37. The molecule has 0 saturated heterocycles. The zero-order valence-corrected chi connectivity index (χ0v) is 11.6. The predicted molar refractivity (Wildman–Crippen MR) is 71.5 cm³/mol. The maximum atomic E-state index is 6.30. The molecular weight excluding hydrogens is 250 g/mol. The summed E-state index contributed by atoms with van der Waals surface area (Å²) in [6.07, 6.45) is 2.53. The molecule has 0 fully saturated rings. The third-order valence-electron chi connectivity index (χ3n) is 3.07. The van der Waals surface area contributed by atoms with Crippen molar-refractivity contribution in [1.82, 2.24) is 19.6 Å². The van der Waals surface area contributed by atoms with E-state index >= 15 is 0 Å². The van der Waals surface area contributed by atoms with Gasteiger partial charge in [-0.3, -0.25) is 9.36 Å². The van der Waals surface area contributed by atoms with Crippen LogP contribution in [0.5, 0.6) is 0 Å². The maximum absolute atomic E-state index is 6.30. The van der Waals surface area contributed by atoms with Crippen molar-refractivity contribution in [3.63, 3.8) is 0 Å². The highest BCUT2D eigenvalue weighted by atomic mass is 35.5. The van der Waals surface area contributed by atoms with Gasteiger partial charge in [0.15, 0.2) is 0 Å². The van der Waals surface area contributed by atoms with Gasteiger partial charge >= 0.3 is 0 Å². The van der Waals surface area contributed by atoms with Gasteiger partial charge in [-0.1, -0.05) is 18.5 Å². The van der Waals surface area contributed by atoms with Crippen LogP contribution in [-0.4, -0.2) is 19.6 Å². The van der Waals surface area contributed by atoms with Crippen LogP contribution in [0.25, 0.3) is 0 Å². The minimum absolute atomic E-state index is 0.308. The Labute approximate surface area is 112 Å². The van der Waals surface area contributed by atoms with E-state index in [2.05, 4.69) is 17.1 Å². The van der Waals surface area contributed by atoms with Crippen LogP contribution in [0.2, 0.25) is 5.02 Å². The van der Waals surface area contributed by atoms with E-state index in [0.717, 1.165) is 30.0 Å². The standard InChI is InChI=1S/C12H18ClN5/c1-4-8-6-10(17(3)16-8)11(14)12-9(13)7-15-18(12)5-2/h6-7,11H,4-5,14H2,1-3H3. The predicted octanol–water partition coefficient (Wildman–Crippen LogP) is 1.90. The summed E-state index contributed by atoms with van der Waals surface area (Å²) in [5.41, 5.74) is 9.12. The molecule has 2 N–H and O–H groups in total. The molecule has 0 spiro atoms. The highest BCUT2D eigenvalue weighted by Crippen LogP contribution is 2.26. The van der Waals surface area contributed by atoms with E-state index in [-0.39, 0.29) is 6.04 Å². The second-order valence-electron chi connectivity index (χ2n) is 4.21. The van der Waals surface area contributed by atoms with Gasteiger partial charge in [-0.05, 0) is 19.4 Å². The van der Waals surface area contributed by atoms with Crippen molar-refractivity contribution >= 4 is 11.6 Å². The molecule has 1 unspecified atom stereocenters. The van der Waals surface area contributed by atoms with Gasteiger partial charge < -0.3 is 5.73 Å². The molecule has 0 aliphatic heterocycles. The second-order valence-corrected chi connectivity index (χ2v) is 4.62. The summed E-state index contributed by atoms with van der Waals surface area (Å²) in [5, 5.41) is 9.22. The van der Waals surface area contributed by atoms with Crippen molar-refractivity contribution in [3.05, 3.63) is 34.4 Å². The lowest BCUT2D eigenvalue weighted by atomic mass is 10.1. The van der Waals surface area contributed by atoms with Crippen molar-refractivity contribution in [2.24, 2.45) is 12.8 Å². The molecule has 0 bridgehead atoms. The summed E-state index contributed by atoms with van der Waals surface area (Å²) < 4.78 is 3.64. The summed E-state index contributed by atoms with van der Waals surface area (Å²) in [5.74, 6) is 0. The number of rotatable bonds is 4. The molecule has 2 heterocycles. The molecule has 1 atom stereocenters. The molecule has 0 amide bonds. The Kier molecular flexibility index (Phi) is 3.73. The molecular formula is C12H18ClN5. The van der Waals surface area contributed by atoms with E-state index in [9.17, 15) is 0 Å². The number of nitrogens with zero attached hydrogens (tertiary/aromatic N) is 4. The van der Waals surface area contributed by atoms with Crippen LogP contribution >= 0.6 is 11.6 Å². The third kappa shape index (κ3) is 2.15. The lowest BCUT2D eigenvalue weighted by Gasteiger charge is -2.14. The average Bonchev–Trinajstić information content (AvgIpc) is 2.91. The van der Waals surface area contributed by atoms with Gasteiger partial charge in [0.25, 0.3) is 0 Å². The van der Waals surface area contributed by atoms with Gasteiger partial charge in [0.2, 0.25) is 0 Å². The molecule has 0 aliphatic carbocycles. The molecule has 98 valence electrons. The van der Waals surface area contributed by atoms with Crippen LogP contribution in [0.1, 0.15) is 37.0 Å². The minimum atomic E-state index is -0.308. The van der Waals surface area contributed by atoms with Crippen LogP contribution < -0.4 is 5.73 Å². The lowest BCUT2D eigenvalue weighted by molar-refractivity contribution is 0.578. The zero-order chi connectivity index (χ0) is 13.3. The first-order valence-electron chi connectivity index (χ1n) is 6.08. The molecule has 2 aromatic rings. The Balaban J connectivity index is 2.43. The smallest absolute Gasteiger partial charge is 0.0909 e. The fourth-order valence-corrected chi connectivity index (χ4v) is 2.34. The van der Waals surface area contributed by atoms with E-state index < -0.39 is 0 Å². The first-order chi connectivity index (χ1) is 8.58. The summed E-state index contributed by atoms with van der Waals surface area (Å²) in [6.45, 7) is 4.83. The zero-order valence-electron chi connectivity index (χ0n) is 10.9. The van der Waals surface area contributed by atoms with Crippen LogP contribution in [0, 0.1) is 0 Å². The SMILES string of the molecule is CCc1cc(C(N)c2c(Cl)cnn2CC)n(C)n1. The number of aryl methyl sites for hydroxylation is 3. The van der Waals surface area contributed by atoms with E-state index in [1.165, 1.54) is 0 Å². The monoisotopic (exact) mass is 267 g/mol. The van der Waals surface area contributed by atoms with Gasteiger partial charge in [0.05, 0.1) is 34.3 Å². The fraction of sp³-hybridized carbons (Fsp3) is 0.500. The van der Waals surface area contributed by atoms with Crippen molar-refractivity contribution in [2.45, 2.75) is 32.9 Å². The molecule has 18 heavy (non-hydrogen) atoms. The summed E-state index contributed by atoms with van der Waals surface area (Å²) in [7, 11) is 1.90. The van der Waals surface area contributed by atoms with Gasteiger partial charge in [-0.25, -0.2) is 0 Å². The summed E-state index contributed by atoms with van der Waals surface area (Å²) in [4.78, 5) is 0. The Hall–Kier alpha value is -1.33. The van der Waals surface area contributed by atoms with E-state index in [1.54, 1.807) is 6.20 Å². The number of hydrogen-bond donors (Lipinski definition) is 1. The van der Waals surface area contributed by atoms with Crippen molar-refractivity contribution in [1.29, 1.82) is 0 Å². The number of hydrogen-bond acceptors (Lipinski definition) is 3. The highest BCUT2D eigenvalue weighted by molar-refractivity contribution is 6.31. The highest BCUT2D eigenvalue weighted by Gasteiger charge is 2.21. The normalized spacial score (nSPS) is 12.9. The summed E-state index contributed by atoms with van der Waals surface area (Å²) >= 11 is 6.17. The van der Waals surface area contributed by atoms with Crippen LogP contribution in [0.4, 0.5) is 0 Å². The lowest BCUT2D eigenvalue weighted by Crippen LogP contribution is -2.20. The van der Waals surface area contributed by atoms with Gasteiger partial charge in [0.1, 0.15) is 0 Å². The summed E-state index contributed by atoms with van der Waals surface area (Å²) in [6, 6.07) is 1.71. The average molecular weight is 268 g/mol. The van der Waals surface area contributed by atoms with Crippen LogP contribution in [-0.2, 0) is 20.0 Å². The van der Waals surface area contributed by atoms with Gasteiger partial charge in [0, 0.05) is 13.6 Å².